The molecule has 4 aliphatic rings. The number of allylic oxidation sites excluding steroid dienone is 1. The molecule has 3 saturated carbocycles. The highest BCUT2D eigenvalue weighted by atomic mass is 16.5. The third-order valence-electron chi connectivity index (χ3n) is 13.5. The van der Waals surface area contributed by atoms with Crippen LogP contribution in [0.25, 0.3) is 0 Å². The Labute approximate surface area is 286 Å². The Bertz CT molecular complexity index is 1170. The van der Waals surface area contributed by atoms with Gasteiger partial charge in [0.1, 0.15) is 0 Å². The fourth-order valence-electron chi connectivity index (χ4n) is 10.9. The van der Waals surface area contributed by atoms with E-state index < -0.39 is 0 Å². The summed E-state index contributed by atoms with van der Waals surface area (Å²) in [5.41, 5.74) is 3.37. The van der Waals surface area contributed by atoms with Crippen LogP contribution >= 0.6 is 0 Å². The van der Waals surface area contributed by atoms with E-state index in [2.05, 4.69) is 50.3 Å². The highest BCUT2D eigenvalue weighted by Gasteiger charge is 2.59. The molecular weight excluding hydrogens is 586 g/mol. The zero-order valence-corrected chi connectivity index (χ0v) is 30.6. The van der Waals surface area contributed by atoms with Gasteiger partial charge in [0.05, 0.1) is 25.0 Å². The number of carbonyl (C=O) groups excluding carboxylic acids is 1. The number of aliphatic hydroxyl groups excluding tert-OH is 1. The third kappa shape index (κ3) is 8.90. The quantitative estimate of drug-likeness (QED) is 0.0969. The van der Waals surface area contributed by atoms with E-state index in [1.54, 1.807) is 12.7 Å². The molecule has 266 valence electrons. The molecule has 1 aromatic heterocycles. The number of fused-ring (bicyclic) bond motifs is 5. The van der Waals surface area contributed by atoms with Crippen LogP contribution in [0.15, 0.2) is 17.8 Å². The second kappa shape index (κ2) is 16.8. The number of aryl methyl sites for hydroxylation is 1. The number of unbranched alkanes of at least 4 members (excludes halogenated alkanes) is 6. The number of hydrogen-bond acceptors (Lipinski definition) is 6. The van der Waals surface area contributed by atoms with Crippen LogP contribution in [-0.4, -0.2) is 52.5 Å². The first-order chi connectivity index (χ1) is 22.6. The molecule has 0 bridgehead atoms. The standard InChI is InChI=1S/C40H67N3O4/c1-29(28-46-5)26-43-27-32(41-42-43)13-11-9-7-6-8-10-12-24-47-38(45)19-14-30(2)35-17-18-36-34-16-15-31-25-33(44)20-22-39(31,3)37(34)21-23-40(35,36)4/h15,27,29-30,33-37,44H,6-14,16-26,28H2,1-5H3. The Hall–Kier alpha value is -1.73. The lowest BCUT2D eigenvalue weighted by Crippen LogP contribution is -2.50. The molecule has 9 atom stereocenters. The van der Waals surface area contributed by atoms with Gasteiger partial charge < -0.3 is 14.6 Å². The zero-order chi connectivity index (χ0) is 33.4. The Morgan fingerprint density at radius 3 is 2.57 bits per heavy atom. The molecule has 0 amide bonds. The lowest BCUT2D eigenvalue weighted by molar-refractivity contribution is -0.144. The molecule has 0 aliphatic heterocycles. The monoisotopic (exact) mass is 654 g/mol. The van der Waals surface area contributed by atoms with Crippen molar-refractivity contribution >= 4 is 5.97 Å². The predicted octanol–water partition coefficient (Wildman–Crippen LogP) is 8.73. The maximum Gasteiger partial charge on any atom is 0.305 e. The second-order valence-corrected chi connectivity index (χ2v) is 16.8. The second-order valence-electron chi connectivity index (χ2n) is 16.8. The average Bonchev–Trinajstić information content (AvgIpc) is 3.64. The van der Waals surface area contributed by atoms with E-state index in [-0.39, 0.29) is 12.1 Å². The number of ether oxygens (including phenoxy) is 2. The van der Waals surface area contributed by atoms with Gasteiger partial charge in [-0.1, -0.05) is 76.7 Å². The number of carbonyl (C=O) groups is 1. The number of aromatic nitrogens is 3. The van der Waals surface area contributed by atoms with Crippen LogP contribution in [0.5, 0.6) is 0 Å². The molecule has 0 spiro atoms. The minimum absolute atomic E-state index is 0.00250. The maximum absolute atomic E-state index is 12.6. The van der Waals surface area contributed by atoms with Gasteiger partial charge in [-0.2, -0.15) is 0 Å². The first-order valence-electron chi connectivity index (χ1n) is 19.5. The summed E-state index contributed by atoms with van der Waals surface area (Å²) in [5, 5.41) is 18.9. The van der Waals surface area contributed by atoms with Crippen LogP contribution < -0.4 is 0 Å². The van der Waals surface area contributed by atoms with E-state index in [0.717, 1.165) is 93.9 Å². The van der Waals surface area contributed by atoms with Gasteiger partial charge in [0, 0.05) is 26.3 Å². The van der Waals surface area contributed by atoms with E-state index in [1.165, 1.54) is 57.8 Å². The van der Waals surface area contributed by atoms with Crippen molar-refractivity contribution in [3.05, 3.63) is 23.5 Å². The number of esters is 1. The van der Waals surface area contributed by atoms with Gasteiger partial charge in [-0.25, -0.2) is 0 Å². The van der Waals surface area contributed by atoms with Crippen LogP contribution in [-0.2, 0) is 27.2 Å². The van der Waals surface area contributed by atoms with Gasteiger partial charge in [-0.05, 0) is 123 Å². The van der Waals surface area contributed by atoms with Crippen molar-refractivity contribution in [3.8, 4) is 0 Å². The van der Waals surface area contributed by atoms with Crippen LogP contribution in [0.3, 0.4) is 0 Å². The minimum atomic E-state index is -0.128. The lowest BCUT2D eigenvalue weighted by atomic mass is 9.47. The number of nitrogens with zero attached hydrogens (tertiary/aromatic N) is 3. The summed E-state index contributed by atoms with van der Waals surface area (Å²) < 4.78 is 12.8. The Kier molecular flexibility index (Phi) is 13.1. The van der Waals surface area contributed by atoms with E-state index in [1.807, 2.05) is 4.68 Å². The average molecular weight is 654 g/mol. The first kappa shape index (κ1) is 36.5. The third-order valence-corrected chi connectivity index (χ3v) is 13.5. The lowest BCUT2D eigenvalue weighted by Gasteiger charge is -2.58. The highest BCUT2D eigenvalue weighted by molar-refractivity contribution is 5.69. The van der Waals surface area contributed by atoms with E-state index >= 15 is 0 Å². The maximum atomic E-state index is 12.6. The van der Waals surface area contributed by atoms with Crippen molar-refractivity contribution in [1.29, 1.82) is 0 Å². The number of methoxy groups -OCH3 is 1. The molecule has 7 heteroatoms. The predicted molar refractivity (Wildman–Crippen MR) is 188 cm³/mol. The topological polar surface area (TPSA) is 86.5 Å². The van der Waals surface area contributed by atoms with Crippen molar-refractivity contribution in [1.82, 2.24) is 15.0 Å². The van der Waals surface area contributed by atoms with Crippen LogP contribution in [0.1, 0.15) is 143 Å². The fourth-order valence-corrected chi connectivity index (χ4v) is 10.9. The zero-order valence-electron chi connectivity index (χ0n) is 30.6. The van der Waals surface area contributed by atoms with Crippen LogP contribution in [0, 0.1) is 46.3 Å². The molecular formula is C40H67N3O4. The SMILES string of the molecule is COCC(C)Cn1cc(CCCCCCCCCOC(=O)CCC(C)C2CCC3C4CC=C5CC(O)CCC5(C)C4CCC23C)nn1. The number of hydrogen-bond donors (Lipinski definition) is 1. The van der Waals surface area contributed by atoms with Gasteiger partial charge in [0.15, 0.2) is 0 Å². The summed E-state index contributed by atoms with van der Waals surface area (Å²) in [5.74, 6) is 4.13. The summed E-state index contributed by atoms with van der Waals surface area (Å²) in [6, 6.07) is 0. The fraction of sp³-hybridized carbons (Fsp3) is 0.875. The van der Waals surface area contributed by atoms with Gasteiger partial charge in [-0.3, -0.25) is 9.48 Å². The van der Waals surface area contributed by atoms with Gasteiger partial charge >= 0.3 is 5.97 Å². The van der Waals surface area contributed by atoms with Crippen molar-refractivity contribution in [2.45, 2.75) is 156 Å². The molecule has 47 heavy (non-hydrogen) atoms. The summed E-state index contributed by atoms with van der Waals surface area (Å²) in [6.07, 6.45) is 24.8. The molecule has 1 N–H and O–H groups in total. The van der Waals surface area contributed by atoms with Crippen molar-refractivity contribution in [2.75, 3.05) is 20.3 Å². The van der Waals surface area contributed by atoms with Crippen molar-refractivity contribution in [2.24, 2.45) is 46.3 Å². The first-order valence-corrected chi connectivity index (χ1v) is 19.5. The molecule has 7 nitrogen and oxygen atoms in total. The molecule has 0 radical (unpaired) electrons. The Balaban J connectivity index is 0.915. The van der Waals surface area contributed by atoms with E-state index in [9.17, 15) is 9.90 Å². The van der Waals surface area contributed by atoms with E-state index in [0.29, 0.717) is 35.7 Å². The summed E-state index contributed by atoms with van der Waals surface area (Å²) >= 11 is 0. The minimum Gasteiger partial charge on any atom is -0.466 e. The molecule has 3 fully saturated rings. The molecule has 0 aromatic carbocycles. The van der Waals surface area contributed by atoms with Gasteiger partial charge in [-0.15, -0.1) is 5.10 Å². The largest absolute Gasteiger partial charge is 0.466 e. The smallest absolute Gasteiger partial charge is 0.305 e. The normalized spacial score (nSPS) is 33.0. The molecule has 9 unspecified atom stereocenters. The highest BCUT2D eigenvalue weighted by Crippen LogP contribution is 2.67. The van der Waals surface area contributed by atoms with Crippen molar-refractivity contribution < 1.29 is 19.4 Å². The summed E-state index contributed by atoms with van der Waals surface area (Å²) in [6.45, 7) is 11.9. The van der Waals surface area contributed by atoms with Crippen LogP contribution in [0.2, 0.25) is 0 Å². The molecule has 0 saturated heterocycles. The molecule has 4 aliphatic carbocycles. The molecule has 5 rings (SSSR count). The van der Waals surface area contributed by atoms with Gasteiger partial charge in [0.25, 0.3) is 0 Å². The Morgan fingerprint density at radius 2 is 1.79 bits per heavy atom. The summed E-state index contributed by atoms with van der Waals surface area (Å²) in [4.78, 5) is 12.6. The molecule has 1 heterocycles. The van der Waals surface area contributed by atoms with Crippen LogP contribution in [0.4, 0.5) is 0 Å². The summed E-state index contributed by atoms with van der Waals surface area (Å²) in [7, 11) is 1.74. The number of rotatable bonds is 18. The van der Waals surface area contributed by atoms with Gasteiger partial charge in [0.2, 0.25) is 0 Å². The van der Waals surface area contributed by atoms with E-state index in [4.69, 9.17) is 9.47 Å². The van der Waals surface area contributed by atoms with Crippen molar-refractivity contribution in [3.63, 3.8) is 0 Å². The molecule has 1 aromatic rings. The Morgan fingerprint density at radius 1 is 1.02 bits per heavy atom. The number of aliphatic hydroxyl groups is 1.